The summed E-state index contributed by atoms with van der Waals surface area (Å²) in [4.78, 5) is 5.91. The number of halogens is 3. The van der Waals surface area contributed by atoms with Crippen molar-refractivity contribution in [3.63, 3.8) is 0 Å². The average molecular weight is 272 g/mol. The zero-order chi connectivity index (χ0) is 14.0. The van der Waals surface area contributed by atoms with Gasteiger partial charge in [-0.25, -0.2) is 0 Å². The van der Waals surface area contributed by atoms with Crippen molar-refractivity contribution in [3.05, 3.63) is 35.7 Å². The Morgan fingerprint density at radius 1 is 1.37 bits per heavy atom. The number of aromatic nitrogens is 1. The van der Waals surface area contributed by atoms with Gasteiger partial charge >= 0.3 is 6.18 Å². The number of aliphatic hydroxyl groups excluding tert-OH is 1. The number of hydrogen-bond donors (Lipinski definition) is 1. The number of hydrogen-bond acceptors (Lipinski definition) is 3. The highest BCUT2D eigenvalue weighted by molar-refractivity contribution is 5.47. The Bertz CT molecular complexity index is 466. The number of nitrogens with zero attached hydrogens (tertiary/aromatic N) is 2. The van der Waals surface area contributed by atoms with Gasteiger partial charge in [0, 0.05) is 18.7 Å². The summed E-state index contributed by atoms with van der Waals surface area (Å²) in [5.41, 5.74) is 0.853. The lowest BCUT2D eigenvalue weighted by atomic mass is 10.1. The van der Waals surface area contributed by atoms with E-state index in [-0.39, 0.29) is 13.0 Å². The van der Waals surface area contributed by atoms with E-state index in [9.17, 15) is 18.3 Å². The molecule has 0 saturated carbocycles. The molecule has 2 rings (SSSR count). The van der Waals surface area contributed by atoms with E-state index in [1.54, 1.807) is 25.3 Å². The van der Waals surface area contributed by atoms with Gasteiger partial charge < -0.3 is 10.0 Å². The molecule has 1 N–H and O–H groups in total. The van der Waals surface area contributed by atoms with Crippen LogP contribution in [0, 0.1) is 0 Å². The maximum atomic E-state index is 12.5. The standard InChI is InChI=1S/C13H15F3N2O/c1-9(19)12-3-2-11(8-17-12)18-6-4-10(5-7-18)13(14,15)16/h2-4,8-9,19H,5-7H2,1H3/t9-/m1/s1. The zero-order valence-electron chi connectivity index (χ0n) is 10.5. The van der Waals surface area contributed by atoms with Crippen LogP contribution >= 0.6 is 0 Å². The molecule has 1 aromatic rings. The van der Waals surface area contributed by atoms with Crippen molar-refractivity contribution in [1.29, 1.82) is 0 Å². The van der Waals surface area contributed by atoms with Crippen LogP contribution in [-0.2, 0) is 0 Å². The Balaban J connectivity index is 2.07. The van der Waals surface area contributed by atoms with Crippen LogP contribution in [-0.4, -0.2) is 29.4 Å². The summed E-state index contributed by atoms with van der Waals surface area (Å²) in [6.45, 7) is 2.16. The lowest BCUT2D eigenvalue weighted by Crippen LogP contribution is -2.31. The van der Waals surface area contributed by atoms with Crippen molar-refractivity contribution in [3.8, 4) is 0 Å². The minimum atomic E-state index is -4.22. The third-order valence-electron chi connectivity index (χ3n) is 3.14. The molecule has 6 heteroatoms. The number of alkyl halides is 3. The summed E-state index contributed by atoms with van der Waals surface area (Å²) in [5, 5.41) is 9.34. The number of rotatable bonds is 2. The van der Waals surface area contributed by atoms with Crippen LogP contribution in [0.4, 0.5) is 18.9 Å². The second kappa shape index (κ2) is 5.21. The highest BCUT2D eigenvalue weighted by atomic mass is 19.4. The molecule has 0 radical (unpaired) electrons. The number of anilines is 1. The van der Waals surface area contributed by atoms with Crippen molar-refractivity contribution in [2.24, 2.45) is 0 Å². The first-order valence-electron chi connectivity index (χ1n) is 6.03. The van der Waals surface area contributed by atoms with E-state index in [1.807, 2.05) is 4.90 Å². The monoisotopic (exact) mass is 272 g/mol. The SMILES string of the molecule is C[C@@H](O)c1ccc(N2CC=C(C(F)(F)F)CC2)cn1. The Morgan fingerprint density at radius 3 is 2.53 bits per heavy atom. The Labute approximate surface area is 109 Å². The predicted molar refractivity (Wildman–Crippen MR) is 65.8 cm³/mol. The topological polar surface area (TPSA) is 36.4 Å². The molecule has 0 bridgehead atoms. The highest BCUT2D eigenvalue weighted by Crippen LogP contribution is 2.31. The molecule has 0 spiro atoms. The van der Waals surface area contributed by atoms with Gasteiger partial charge in [0.15, 0.2) is 0 Å². The molecule has 1 aliphatic heterocycles. The van der Waals surface area contributed by atoms with Gasteiger partial charge in [-0.3, -0.25) is 4.98 Å². The molecule has 1 aliphatic rings. The lowest BCUT2D eigenvalue weighted by Gasteiger charge is -2.29. The van der Waals surface area contributed by atoms with Gasteiger partial charge in [-0.05, 0) is 25.5 Å². The number of pyridine rings is 1. The molecule has 1 aromatic heterocycles. The minimum Gasteiger partial charge on any atom is -0.387 e. The first-order valence-corrected chi connectivity index (χ1v) is 6.03. The summed E-state index contributed by atoms with van der Waals surface area (Å²) in [5.74, 6) is 0. The fourth-order valence-electron chi connectivity index (χ4n) is 1.99. The Hall–Kier alpha value is -1.56. The fourth-order valence-corrected chi connectivity index (χ4v) is 1.99. The van der Waals surface area contributed by atoms with Crippen LogP contribution in [0.15, 0.2) is 30.0 Å². The minimum absolute atomic E-state index is 0.0122. The molecule has 0 saturated heterocycles. The fraction of sp³-hybridized carbons (Fsp3) is 0.462. The molecular formula is C13H15F3N2O. The van der Waals surface area contributed by atoms with E-state index in [0.29, 0.717) is 12.2 Å². The van der Waals surface area contributed by atoms with Crippen molar-refractivity contribution in [1.82, 2.24) is 4.98 Å². The van der Waals surface area contributed by atoms with Gasteiger partial charge in [0.1, 0.15) is 0 Å². The normalized spacial score (nSPS) is 18.2. The second-order valence-corrected chi connectivity index (χ2v) is 4.54. The van der Waals surface area contributed by atoms with Gasteiger partial charge in [0.25, 0.3) is 0 Å². The summed E-state index contributed by atoms with van der Waals surface area (Å²) in [6, 6.07) is 3.45. The maximum absolute atomic E-state index is 12.5. The molecule has 3 nitrogen and oxygen atoms in total. The van der Waals surface area contributed by atoms with Gasteiger partial charge in [-0.15, -0.1) is 0 Å². The van der Waals surface area contributed by atoms with Crippen molar-refractivity contribution in [2.75, 3.05) is 18.0 Å². The molecule has 19 heavy (non-hydrogen) atoms. The van der Waals surface area contributed by atoms with E-state index >= 15 is 0 Å². The summed E-state index contributed by atoms with van der Waals surface area (Å²) >= 11 is 0. The molecule has 2 heterocycles. The van der Waals surface area contributed by atoms with E-state index < -0.39 is 17.9 Å². The van der Waals surface area contributed by atoms with Crippen molar-refractivity contribution >= 4 is 5.69 Å². The van der Waals surface area contributed by atoms with Crippen LogP contribution in [0.25, 0.3) is 0 Å². The van der Waals surface area contributed by atoms with E-state index in [1.165, 1.54) is 6.08 Å². The highest BCUT2D eigenvalue weighted by Gasteiger charge is 2.34. The predicted octanol–water partition coefficient (Wildman–Crippen LogP) is 2.83. The molecule has 0 unspecified atom stereocenters. The van der Waals surface area contributed by atoms with E-state index in [4.69, 9.17) is 0 Å². The van der Waals surface area contributed by atoms with Crippen LogP contribution in [0.1, 0.15) is 25.1 Å². The van der Waals surface area contributed by atoms with Crippen LogP contribution in [0.5, 0.6) is 0 Å². The van der Waals surface area contributed by atoms with Crippen LogP contribution < -0.4 is 4.90 Å². The largest absolute Gasteiger partial charge is 0.412 e. The van der Waals surface area contributed by atoms with Gasteiger partial charge in [-0.1, -0.05) is 6.08 Å². The first kappa shape index (κ1) is 13.9. The smallest absolute Gasteiger partial charge is 0.387 e. The third-order valence-corrected chi connectivity index (χ3v) is 3.14. The average Bonchev–Trinajstić information content (AvgIpc) is 2.38. The van der Waals surface area contributed by atoms with E-state index in [2.05, 4.69) is 4.98 Å². The summed E-state index contributed by atoms with van der Waals surface area (Å²) in [6.07, 6.45) is -2.09. The van der Waals surface area contributed by atoms with Gasteiger partial charge in [0.2, 0.25) is 0 Å². The molecule has 0 aliphatic carbocycles. The van der Waals surface area contributed by atoms with E-state index in [0.717, 1.165) is 5.69 Å². The van der Waals surface area contributed by atoms with Crippen LogP contribution in [0.2, 0.25) is 0 Å². The quantitative estimate of drug-likeness (QED) is 0.841. The molecule has 1 atom stereocenters. The second-order valence-electron chi connectivity index (χ2n) is 4.54. The molecular weight excluding hydrogens is 257 g/mol. The molecule has 0 aromatic carbocycles. The Morgan fingerprint density at radius 2 is 2.11 bits per heavy atom. The summed E-state index contributed by atoms with van der Waals surface area (Å²) < 4.78 is 37.5. The molecule has 0 amide bonds. The molecule has 0 fully saturated rings. The Kier molecular flexibility index (Phi) is 3.80. The van der Waals surface area contributed by atoms with Gasteiger partial charge in [-0.2, -0.15) is 13.2 Å². The zero-order valence-corrected chi connectivity index (χ0v) is 10.5. The first-order chi connectivity index (χ1) is 8.88. The van der Waals surface area contributed by atoms with Crippen LogP contribution in [0.3, 0.4) is 0 Å². The maximum Gasteiger partial charge on any atom is 0.412 e. The number of aliphatic hydroxyl groups is 1. The van der Waals surface area contributed by atoms with Crippen molar-refractivity contribution in [2.45, 2.75) is 25.6 Å². The summed E-state index contributed by atoms with van der Waals surface area (Å²) in [7, 11) is 0. The lowest BCUT2D eigenvalue weighted by molar-refractivity contribution is -0.0943. The van der Waals surface area contributed by atoms with Crippen molar-refractivity contribution < 1.29 is 18.3 Å². The van der Waals surface area contributed by atoms with Gasteiger partial charge in [0.05, 0.1) is 23.7 Å². The third kappa shape index (κ3) is 3.26. The molecule has 104 valence electrons.